The van der Waals surface area contributed by atoms with Crippen molar-refractivity contribution < 1.29 is 14.3 Å². The van der Waals surface area contributed by atoms with E-state index < -0.39 is 5.60 Å². The fourth-order valence-corrected chi connectivity index (χ4v) is 8.46. The molecule has 2 unspecified atom stereocenters. The van der Waals surface area contributed by atoms with Crippen LogP contribution >= 0.6 is 0 Å². The molecule has 0 radical (unpaired) electrons. The van der Waals surface area contributed by atoms with Gasteiger partial charge in [-0.25, -0.2) is 4.79 Å². The third-order valence-corrected chi connectivity index (χ3v) is 9.72. The summed E-state index contributed by atoms with van der Waals surface area (Å²) in [6.45, 7) is 0. The SMILES string of the molecule is O=C(OC12CC3CC(C1)C(=O)C(C3)C2)c1cccc([S+](c2ccccc2)c2ccccc2)c1. The Morgan fingerprint density at radius 1 is 0.758 bits per heavy atom. The van der Waals surface area contributed by atoms with Gasteiger partial charge in [-0.2, -0.15) is 0 Å². The number of rotatable bonds is 5. The lowest BCUT2D eigenvalue weighted by Gasteiger charge is -2.54. The van der Waals surface area contributed by atoms with Crippen molar-refractivity contribution in [2.75, 3.05) is 0 Å². The second-order valence-corrected chi connectivity index (χ2v) is 11.8. The molecule has 4 heteroatoms. The molecule has 0 aromatic heterocycles. The van der Waals surface area contributed by atoms with Crippen LogP contribution in [0.4, 0.5) is 0 Å². The summed E-state index contributed by atoms with van der Waals surface area (Å²) < 4.78 is 6.24. The molecule has 7 rings (SSSR count). The minimum absolute atomic E-state index is 0.0948. The van der Waals surface area contributed by atoms with E-state index in [1.165, 1.54) is 9.79 Å². The normalized spacial score (nSPS) is 27.7. The Bertz CT molecular complexity index is 1130. The van der Waals surface area contributed by atoms with E-state index in [-0.39, 0.29) is 28.7 Å². The first kappa shape index (κ1) is 20.7. The van der Waals surface area contributed by atoms with E-state index in [1.807, 2.05) is 30.3 Å². The molecule has 0 amide bonds. The summed E-state index contributed by atoms with van der Waals surface area (Å²) in [5.74, 6) is 0.876. The topological polar surface area (TPSA) is 43.4 Å². The van der Waals surface area contributed by atoms with Crippen LogP contribution in [0.15, 0.2) is 99.6 Å². The summed E-state index contributed by atoms with van der Waals surface area (Å²) in [7, 11) is -0.311. The number of hydrogen-bond donors (Lipinski definition) is 0. The van der Waals surface area contributed by atoms with Gasteiger partial charge in [-0.1, -0.05) is 42.5 Å². The van der Waals surface area contributed by atoms with Crippen molar-refractivity contribution in [1.29, 1.82) is 0 Å². The quantitative estimate of drug-likeness (QED) is 0.346. The predicted molar refractivity (Wildman–Crippen MR) is 128 cm³/mol. The molecule has 33 heavy (non-hydrogen) atoms. The molecule has 4 aliphatic carbocycles. The molecule has 0 aliphatic heterocycles. The van der Waals surface area contributed by atoms with Gasteiger partial charge in [0.05, 0.1) is 16.5 Å². The standard InChI is InChI=1S/C29H27O3S/c30-27-22-14-20-15-23(27)19-29(17-20,18-22)32-28(31)21-8-7-13-26(16-21)33(24-9-3-1-4-10-24)25-11-5-2-6-12-25/h1-13,16,20,22-23H,14-15,17-19H2/q+1. The Hall–Kier alpha value is -2.85. The second kappa shape index (κ2) is 8.18. The third kappa shape index (κ3) is 3.80. The van der Waals surface area contributed by atoms with Crippen molar-refractivity contribution in [2.24, 2.45) is 17.8 Å². The molecule has 3 nitrogen and oxygen atoms in total. The molecule has 0 spiro atoms. The molecule has 3 aromatic rings. The molecule has 0 saturated heterocycles. The number of carbonyl (C=O) groups is 2. The number of Topliss-reactive ketones (excluding diaryl/α,β-unsaturated/α-hetero) is 1. The van der Waals surface area contributed by atoms with Crippen molar-refractivity contribution in [3.05, 3.63) is 90.5 Å². The summed E-state index contributed by atoms with van der Waals surface area (Å²) in [4.78, 5) is 29.4. The molecule has 166 valence electrons. The molecule has 4 aliphatic rings. The van der Waals surface area contributed by atoms with Crippen LogP contribution in [0.25, 0.3) is 0 Å². The molecule has 0 heterocycles. The van der Waals surface area contributed by atoms with Gasteiger partial charge in [0.15, 0.2) is 14.7 Å². The monoisotopic (exact) mass is 455 g/mol. The highest BCUT2D eigenvalue weighted by molar-refractivity contribution is 7.97. The zero-order valence-electron chi connectivity index (χ0n) is 18.5. The molecule has 4 saturated carbocycles. The summed E-state index contributed by atoms with van der Waals surface area (Å²) in [5.41, 5.74) is 0.150. The first-order valence-corrected chi connectivity index (χ1v) is 13.0. The first-order chi connectivity index (χ1) is 16.1. The molecular weight excluding hydrogens is 428 g/mol. The zero-order valence-corrected chi connectivity index (χ0v) is 19.3. The Morgan fingerprint density at radius 3 is 1.94 bits per heavy atom. The Labute approximate surface area is 197 Å². The van der Waals surface area contributed by atoms with Crippen molar-refractivity contribution in [2.45, 2.75) is 52.4 Å². The first-order valence-electron chi connectivity index (χ1n) is 11.8. The number of carbonyl (C=O) groups excluding carboxylic acids is 2. The van der Waals surface area contributed by atoms with Crippen molar-refractivity contribution >= 4 is 22.6 Å². The second-order valence-electron chi connectivity index (χ2n) is 9.78. The summed E-state index contributed by atoms with van der Waals surface area (Å²) >= 11 is 0. The van der Waals surface area contributed by atoms with Gasteiger partial charge in [0.25, 0.3) is 0 Å². The predicted octanol–water partition coefficient (Wildman–Crippen LogP) is 6.09. The lowest BCUT2D eigenvalue weighted by atomic mass is 9.53. The smallest absolute Gasteiger partial charge is 0.338 e. The molecule has 0 N–H and O–H groups in total. The van der Waals surface area contributed by atoms with Gasteiger partial charge in [0, 0.05) is 17.9 Å². The largest absolute Gasteiger partial charge is 0.455 e. The highest BCUT2D eigenvalue weighted by Gasteiger charge is 2.57. The van der Waals surface area contributed by atoms with Crippen LogP contribution in [0.3, 0.4) is 0 Å². The van der Waals surface area contributed by atoms with Crippen LogP contribution < -0.4 is 0 Å². The lowest BCUT2D eigenvalue weighted by Crippen LogP contribution is -2.56. The molecule has 4 bridgehead atoms. The fourth-order valence-electron chi connectivity index (χ4n) is 6.33. The van der Waals surface area contributed by atoms with E-state index >= 15 is 0 Å². The highest BCUT2D eigenvalue weighted by Crippen LogP contribution is 2.55. The van der Waals surface area contributed by atoms with E-state index in [9.17, 15) is 9.59 Å². The van der Waals surface area contributed by atoms with Crippen molar-refractivity contribution in [3.8, 4) is 0 Å². The van der Waals surface area contributed by atoms with Crippen LogP contribution in [-0.2, 0) is 20.4 Å². The number of ketones is 1. The zero-order chi connectivity index (χ0) is 22.4. The fraction of sp³-hybridized carbons (Fsp3) is 0.310. The van der Waals surface area contributed by atoms with Gasteiger partial charge in [-0.05, 0) is 74.4 Å². The Balaban J connectivity index is 1.30. The van der Waals surface area contributed by atoms with Crippen LogP contribution in [0.2, 0.25) is 0 Å². The molecule has 2 atom stereocenters. The molecule has 4 fully saturated rings. The third-order valence-electron chi connectivity index (χ3n) is 7.51. The maximum Gasteiger partial charge on any atom is 0.338 e. The summed E-state index contributed by atoms with van der Waals surface area (Å²) in [6.07, 6.45) is 4.31. The maximum atomic E-state index is 13.4. The number of benzene rings is 3. The van der Waals surface area contributed by atoms with E-state index in [1.54, 1.807) is 0 Å². The summed E-state index contributed by atoms with van der Waals surface area (Å²) in [6, 6.07) is 28.8. The van der Waals surface area contributed by atoms with E-state index in [4.69, 9.17) is 4.74 Å². The van der Waals surface area contributed by atoms with Crippen LogP contribution in [0.5, 0.6) is 0 Å². The van der Waals surface area contributed by atoms with Crippen molar-refractivity contribution in [1.82, 2.24) is 0 Å². The number of hydrogen-bond acceptors (Lipinski definition) is 3. The van der Waals surface area contributed by atoms with Gasteiger partial charge in [-0.15, -0.1) is 0 Å². The number of esters is 1. The minimum atomic E-state index is -0.446. The average Bonchev–Trinajstić information content (AvgIpc) is 2.83. The highest BCUT2D eigenvalue weighted by atomic mass is 32.2. The van der Waals surface area contributed by atoms with E-state index in [0.717, 1.165) is 24.2 Å². The van der Waals surface area contributed by atoms with Gasteiger partial charge in [0.1, 0.15) is 11.4 Å². The average molecular weight is 456 g/mol. The number of ether oxygens (including phenoxy) is 1. The lowest BCUT2D eigenvalue weighted by molar-refractivity contribution is -0.162. The van der Waals surface area contributed by atoms with Crippen LogP contribution in [0.1, 0.15) is 42.5 Å². The van der Waals surface area contributed by atoms with Crippen LogP contribution in [0, 0.1) is 17.8 Å². The van der Waals surface area contributed by atoms with Crippen LogP contribution in [-0.4, -0.2) is 17.4 Å². The van der Waals surface area contributed by atoms with Gasteiger partial charge in [0.2, 0.25) is 0 Å². The maximum absolute atomic E-state index is 13.4. The minimum Gasteiger partial charge on any atom is -0.455 e. The Morgan fingerprint density at radius 2 is 1.33 bits per heavy atom. The van der Waals surface area contributed by atoms with E-state index in [0.29, 0.717) is 30.1 Å². The Kier molecular flexibility index (Phi) is 5.14. The van der Waals surface area contributed by atoms with Gasteiger partial charge >= 0.3 is 5.97 Å². The van der Waals surface area contributed by atoms with Gasteiger partial charge < -0.3 is 4.74 Å². The van der Waals surface area contributed by atoms with Gasteiger partial charge in [-0.3, -0.25) is 4.79 Å². The summed E-state index contributed by atoms with van der Waals surface area (Å²) in [5, 5.41) is 0. The van der Waals surface area contributed by atoms with Crippen molar-refractivity contribution in [3.63, 3.8) is 0 Å². The molecule has 3 aromatic carbocycles. The van der Waals surface area contributed by atoms with E-state index in [2.05, 4.69) is 54.6 Å². The molecular formula is C29H27O3S+.